The van der Waals surface area contributed by atoms with Crippen LogP contribution >= 0.6 is 0 Å². The second-order valence-corrected chi connectivity index (χ2v) is 10.1. The number of hydrogen-bond donors (Lipinski definition) is 2. The summed E-state index contributed by atoms with van der Waals surface area (Å²) < 4.78 is 33.2. The fourth-order valence-corrected chi connectivity index (χ4v) is 4.55. The van der Waals surface area contributed by atoms with Crippen molar-refractivity contribution in [1.29, 1.82) is 0 Å². The first-order valence-electron chi connectivity index (χ1n) is 12.8. The van der Waals surface area contributed by atoms with Crippen LogP contribution in [0.25, 0.3) is 0 Å². The summed E-state index contributed by atoms with van der Waals surface area (Å²) in [4.78, 5) is 33.9. The zero-order valence-electron chi connectivity index (χ0n) is 21.1. The second kappa shape index (κ2) is 10.8. The summed E-state index contributed by atoms with van der Waals surface area (Å²) >= 11 is 0. The summed E-state index contributed by atoms with van der Waals surface area (Å²) in [5.41, 5.74) is 2.16. The number of nitrogens with zero attached hydrogens (tertiary/aromatic N) is 4. The minimum Gasteiger partial charge on any atom is -0.487 e. The Bertz CT molecular complexity index is 1300. The van der Waals surface area contributed by atoms with Gasteiger partial charge in [-0.3, -0.25) is 9.59 Å². The van der Waals surface area contributed by atoms with Crippen LogP contribution in [0.4, 0.5) is 14.6 Å². The average Bonchev–Trinajstić information content (AvgIpc) is 3.66. The third-order valence-electron chi connectivity index (χ3n) is 6.69. The van der Waals surface area contributed by atoms with Crippen molar-refractivity contribution in [2.75, 3.05) is 11.9 Å². The molecule has 2 amide bonds. The van der Waals surface area contributed by atoms with Gasteiger partial charge in [-0.2, -0.15) is 5.10 Å². The molecule has 0 radical (unpaired) electrons. The molecule has 1 aliphatic heterocycles. The quantitative estimate of drug-likeness (QED) is 0.392. The summed E-state index contributed by atoms with van der Waals surface area (Å²) in [5, 5.41) is 10.6. The monoisotopic (exact) mass is 524 g/mol. The third-order valence-corrected chi connectivity index (χ3v) is 6.69. The Morgan fingerprint density at radius 1 is 1.26 bits per heavy atom. The highest BCUT2D eigenvalue weighted by Gasteiger charge is 2.33. The Kier molecular flexibility index (Phi) is 7.35. The standard InChI is InChI=1S/C27H30F2N6O3/c1-27(28,29)15-38-20-4-2-3-18(13-20)7-8-19-14-22-23(26(37)32-19)24(35(34-22)12-10-17-5-6-17)33-25(36)21-9-11-30-16-31-21/h2-4,9,11,13,16-17,19H,5-8,10,12,14-15H2,1H3,(H,32,37)(H,33,36). The number of benzene rings is 1. The fourth-order valence-electron chi connectivity index (χ4n) is 4.55. The zero-order chi connectivity index (χ0) is 26.7. The molecule has 11 heteroatoms. The van der Waals surface area contributed by atoms with Gasteiger partial charge < -0.3 is 15.4 Å². The van der Waals surface area contributed by atoms with E-state index in [0.717, 1.165) is 18.9 Å². The molecular formula is C27H30F2N6O3. The van der Waals surface area contributed by atoms with Gasteiger partial charge in [0.1, 0.15) is 29.2 Å². The molecule has 0 saturated heterocycles. The second-order valence-electron chi connectivity index (χ2n) is 10.1. The Morgan fingerprint density at radius 3 is 2.84 bits per heavy atom. The molecule has 1 unspecified atom stereocenters. The largest absolute Gasteiger partial charge is 0.487 e. The smallest absolute Gasteiger partial charge is 0.278 e. The van der Waals surface area contributed by atoms with E-state index in [9.17, 15) is 18.4 Å². The molecule has 1 aliphatic carbocycles. The van der Waals surface area contributed by atoms with Gasteiger partial charge in [0.05, 0.1) is 5.69 Å². The number of alkyl halides is 2. The van der Waals surface area contributed by atoms with Crippen molar-refractivity contribution in [3.05, 3.63) is 65.4 Å². The van der Waals surface area contributed by atoms with Crippen molar-refractivity contribution < 1.29 is 23.1 Å². The first-order chi connectivity index (χ1) is 18.2. The number of carbonyl (C=O) groups is 2. The number of hydrogen-bond acceptors (Lipinski definition) is 6. The maximum Gasteiger partial charge on any atom is 0.278 e. The van der Waals surface area contributed by atoms with Crippen LogP contribution in [0.1, 0.15) is 64.7 Å². The summed E-state index contributed by atoms with van der Waals surface area (Å²) in [6.07, 6.45) is 7.89. The Balaban J connectivity index is 1.28. The van der Waals surface area contributed by atoms with Crippen molar-refractivity contribution in [1.82, 2.24) is 25.1 Å². The van der Waals surface area contributed by atoms with Crippen LogP contribution < -0.4 is 15.4 Å². The number of fused-ring (bicyclic) bond motifs is 1. The van der Waals surface area contributed by atoms with Crippen LogP contribution in [0.2, 0.25) is 0 Å². The Morgan fingerprint density at radius 2 is 2.11 bits per heavy atom. The number of anilines is 1. The van der Waals surface area contributed by atoms with Gasteiger partial charge in [0.2, 0.25) is 0 Å². The molecular weight excluding hydrogens is 494 g/mol. The number of rotatable bonds is 11. The molecule has 2 aromatic heterocycles. The van der Waals surface area contributed by atoms with Gasteiger partial charge in [0.15, 0.2) is 6.61 Å². The maximum absolute atomic E-state index is 13.2. The average molecular weight is 525 g/mol. The van der Waals surface area contributed by atoms with E-state index in [1.165, 1.54) is 31.4 Å². The number of aryl methyl sites for hydroxylation is 2. The predicted molar refractivity (Wildman–Crippen MR) is 135 cm³/mol. The number of ether oxygens (including phenoxy) is 1. The van der Waals surface area contributed by atoms with Crippen molar-refractivity contribution in [2.24, 2.45) is 5.92 Å². The van der Waals surface area contributed by atoms with E-state index in [2.05, 4.69) is 20.6 Å². The molecule has 3 aromatic rings. The molecule has 1 fully saturated rings. The number of halogens is 2. The molecule has 2 N–H and O–H groups in total. The van der Waals surface area contributed by atoms with E-state index in [1.807, 2.05) is 6.07 Å². The van der Waals surface area contributed by atoms with Crippen molar-refractivity contribution >= 4 is 17.6 Å². The molecule has 0 spiro atoms. The van der Waals surface area contributed by atoms with Crippen LogP contribution in [-0.2, 0) is 19.4 Å². The van der Waals surface area contributed by atoms with Crippen molar-refractivity contribution in [2.45, 2.75) is 64.0 Å². The summed E-state index contributed by atoms with van der Waals surface area (Å²) in [7, 11) is 0. The lowest BCUT2D eigenvalue weighted by Crippen LogP contribution is -2.41. The molecule has 38 heavy (non-hydrogen) atoms. The van der Waals surface area contributed by atoms with Crippen molar-refractivity contribution in [3.8, 4) is 5.75 Å². The predicted octanol–water partition coefficient (Wildman–Crippen LogP) is 4.05. The van der Waals surface area contributed by atoms with Gasteiger partial charge in [-0.05, 0) is 48.9 Å². The van der Waals surface area contributed by atoms with Crippen LogP contribution in [-0.4, -0.2) is 50.1 Å². The molecule has 2 aliphatic rings. The van der Waals surface area contributed by atoms with E-state index >= 15 is 0 Å². The highest BCUT2D eigenvalue weighted by atomic mass is 19.3. The molecule has 1 saturated carbocycles. The maximum atomic E-state index is 13.2. The van der Waals surface area contributed by atoms with Crippen LogP contribution in [0, 0.1) is 5.92 Å². The summed E-state index contributed by atoms with van der Waals surface area (Å²) in [6, 6.07) is 8.42. The molecule has 9 nitrogen and oxygen atoms in total. The number of amides is 2. The molecule has 3 heterocycles. The van der Waals surface area contributed by atoms with Gasteiger partial charge in [0, 0.05) is 32.1 Å². The van der Waals surface area contributed by atoms with Gasteiger partial charge in [-0.15, -0.1) is 0 Å². The Hall–Kier alpha value is -3.89. The highest BCUT2D eigenvalue weighted by molar-refractivity contribution is 6.08. The van der Waals surface area contributed by atoms with E-state index in [1.54, 1.807) is 22.9 Å². The third kappa shape index (κ3) is 6.51. The van der Waals surface area contributed by atoms with Crippen LogP contribution in [0.5, 0.6) is 5.75 Å². The minimum absolute atomic E-state index is 0.156. The van der Waals surface area contributed by atoms with Gasteiger partial charge in [-0.1, -0.05) is 25.0 Å². The van der Waals surface area contributed by atoms with Crippen molar-refractivity contribution in [3.63, 3.8) is 0 Å². The first-order valence-corrected chi connectivity index (χ1v) is 12.8. The molecule has 1 aromatic carbocycles. The number of carbonyl (C=O) groups excluding carboxylic acids is 2. The summed E-state index contributed by atoms with van der Waals surface area (Å²) in [6.45, 7) is 0.743. The summed E-state index contributed by atoms with van der Waals surface area (Å²) in [5.74, 6) is -2.19. The molecule has 1 atom stereocenters. The molecule has 0 bridgehead atoms. The van der Waals surface area contributed by atoms with E-state index in [-0.39, 0.29) is 17.6 Å². The normalized spacial score (nSPS) is 17.0. The SMILES string of the molecule is CC(F)(F)COc1cccc(CCC2Cc3nn(CCC4CC4)c(NC(=O)c4ccncn4)c3C(=O)N2)c1. The Labute approximate surface area is 219 Å². The lowest BCUT2D eigenvalue weighted by Gasteiger charge is -2.23. The number of nitrogens with one attached hydrogen (secondary N) is 2. The minimum atomic E-state index is -2.91. The lowest BCUT2D eigenvalue weighted by atomic mass is 9.96. The lowest BCUT2D eigenvalue weighted by molar-refractivity contribution is -0.0229. The van der Waals surface area contributed by atoms with Gasteiger partial charge >= 0.3 is 0 Å². The van der Waals surface area contributed by atoms with E-state index in [4.69, 9.17) is 9.84 Å². The van der Waals surface area contributed by atoms with Crippen LogP contribution in [0.15, 0.2) is 42.9 Å². The zero-order valence-corrected chi connectivity index (χ0v) is 21.1. The van der Waals surface area contributed by atoms with E-state index in [0.29, 0.717) is 54.5 Å². The van der Waals surface area contributed by atoms with Gasteiger partial charge in [-0.25, -0.2) is 23.4 Å². The van der Waals surface area contributed by atoms with E-state index < -0.39 is 18.4 Å². The van der Waals surface area contributed by atoms with Crippen LogP contribution in [0.3, 0.4) is 0 Å². The highest BCUT2D eigenvalue weighted by Crippen LogP contribution is 2.34. The number of aromatic nitrogens is 4. The van der Waals surface area contributed by atoms with Gasteiger partial charge in [0.25, 0.3) is 17.7 Å². The topological polar surface area (TPSA) is 111 Å². The molecule has 200 valence electrons. The fraction of sp³-hybridized carbons (Fsp3) is 0.444. The first kappa shape index (κ1) is 25.7. The molecule has 5 rings (SSSR count).